The highest BCUT2D eigenvalue weighted by atomic mass is 19.4. The lowest BCUT2D eigenvalue weighted by molar-refractivity contribution is -0.138. The summed E-state index contributed by atoms with van der Waals surface area (Å²) in [6, 6.07) is 9.52. The number of alkyl halides is 3. The Morgan fingerprint density at radius 2 is 1.51 bits per heavy atom. The first kappa shape index (κ1) is 36.6. The summed E-state index contributed by atoms with van der Waals surface area (Å²) in [7, 11) is 0. The molecular weight excluding hydrogens is 632 g/mol. The predicted octanol–water partition coefficient (Wildman–Crippen LogP) is 9.49. The smallest absolute Gasteiger partial charge is 0.337 e. The Hall–Kier alpha value is -3.67. The molecule has 49 heavy (non-hydrogen) atoms. The van der Waals surface area contributed by atoms with Gasteiger partial charge in [0.25, 0.3) is 0 Å². The Bertz CT molecular complexity index is 1570. The first-order valence-electron chi connectivity index (χ1n) is 18.2. The van der Waals surface area contributed by atoms with Crippen molar-refractivity contribution in [3.63, 3.8) is 0 Å². The molecule has 1 aromatic carbocycles. The van der Waals surface area contributed by atoms with E-state index in [1.54, 1.807) is 0 Å². The van der Waals surface area contributed by atoms with E-state index in [4.69, 9.17) is 10.1 Å². The van der Waals surface area contributed by atoms with Gasteiger partial charge in [-0.3, -0.25) is 10.00 Å². The zero-order valence-corrected chi connectivity index (χ0v) is 29.0. The van der Waals surface area contributed by atoms with Gasteiger partial charge in [-0.15, -0.1) is 5.10 Å². The van der Waals surface area contributed by atoms with Crippen LogP contribution in [0.15, 0.2) is 42.6 Å². The lowest BCUT2D eigenvalue weighted by Gasteiger charge is -2.38. The molecule has 1 fully saturated rings. The maximum absolute atomic E-state index is 13.3. The van der Waals surface area contributed by atoms with Gasteiger partial charge in [-0.25, -0.2) is 8.91 Å². The molecule has 0 aliphatic carbocycles. The van der Waals surface area contributed by atoms with Crippen molar-refractivity contribution in [1.82, 2.24) is 29.7 Å². The average Bonchev–Trinajstić information content (AvgIpc) is 3.73. The van der Waals surface area contributed by atoms with Gasteiger partial charge < -0.3 is 10.2 Å². The van der Waals surface area contributed by atoms with Gasteiger partial charge in [-0.2, -0.15) is 23.3 Å². The minimum atomic E-state index is -4.51. The Kier molecular flexibility index (Phi) is 13.3. The van der Waals surface area contributed by atoms with Crippen molar-refractivity contribution in [2.75, 3.05) is 36.4 Å². The minimum Gasteiger partial charge on any atom is -0.337 e. The summed E-state index contributed by atoms with van der Waals surface area (Å²) in [6.45, 7) is 8.13. The second-order valence-electron chi connectivity index (χ2n) is 13.6. The number of aromatic amines is 1. The van der Waals surface area contributed by atoms with Crippen molar-refractivity contribution in [1.29, 1.82) is 0 Å². The fourth-order valence-electron chi connectivity index (χ4n) is 6.85. The number of H-pyrrole nitrogens is 1. The Balaban J connectivity index is 0.881. The number of rotatable bonds is 19. The van der Waals surface area contributed by atoms with Gasteiger partial charge >= 0.3 is 6.18 Å². The molecule has 8 nitrogen and oxygen atoms in total. The van der Waals surface area contributed by atoms with E-state index in [0.29, 0.717) is 24.9 Å². The third kappa shape index (κ3) is 10.9. The van der Waals surface area contributed by atoms with E-state index < -0.39 is 17.6 Å². The third-order valence-corrected chi connectivity index (χ3v) is 9.75. The van der Waals surface area contributed by atoms with Crippen LogP contribution in [-0.4, -0.2) is 61.9 Å². The molecule has 5 rings (SSSR count). The molecule has 3 aromatic heterocycles. The fourth-order valence-corrected chi connectivity index (χ4v) is 6.85. The van der Waals surface area contributed by atoms with Crippen LogP contribution in [0.4, 0.5) is 35.1 Å². The van der Waals surface area contributed by atoms with Gasteiger partial charge in [0, 0.05) is 50.2 Å². The monoisotopic (exact) mass is 684 g/mol. The molecule has 1 saturated heterocycles. The standard InChI is InChI=1S/C37H52F4N8/c1-28-26-34(45-44-28)42-35-33-18-15-21-49(33)46-36(43-35)48-24-22-47(23-25-48)29(2)16-13-11-9-7-5-3-4-6-8-10-12-14-17-30-19-20-31(38)27-32(30)37(39,40)41/h15,18-21,26-27,29H,3-14,16-17,22-25H2,1-2H3,(H2,42,43,44,45,46). The first-order chi connectivity index (χ1) is 23.7. The maximum atomic E-state index is 13.3. The van der Waals surface area contributed by atoms with Crippen LogP contribution in [0.3, 0.4) is 0 Å². The van der Waals surface area contributed by atoms with E-state index in [-0.39, 0.29) is 5.56 Å². The molecule has 12 heteroatoms. The summed E-state index contributed by atoms with van der Waals surface area (Å²) < 4.78 is 54.6. The zero-order valence-electron chi connectivity index (χ0n) is 29.0. The fraction of sp³-hybridized carbons (Fsp3) is 0.595. The van der Waals surface area contributed by atoms with Gasteiger partial charge in [-0.05, 0) is 62.9 Å². The quantitative estimate of drug-likeness (QED) is 0.0757. The van der Waals surface area contributed by atoms with Crippen LogP contribution in [0, 0.1) is 12.7 Å². The summed E-state index contributed by atoms with van der Waals surface area (Å²) in [5, 5.41) is 15.4. The van der Waals surface area contributed by atoms with E-state index in [2.05, 4.69) is 32.2 Å². The molecule has 0 radical (unpaired) electrons. The number of hydrogen-bond acceptors (Lipinski definition) is 6. The van der Waals surface area contributed by atoms with E-state index in [9.17, 15) is 17.6 Å². The molecule has 4 aromatic rings. The minimum absolute atomic E-state index is 0.198. The third-order valence-electron chi connectivity index (χ3n) is 9.75. The van der Waals surface area contributed by atoms with Crippen LogP contribution < -0.4 is 10.2 Å². The Morgan fingerprint density at radius 1 is 0.857 bits per heavy atom. The van der Waals surface area contributed by atoms with E-state index in [0.717, 1.165) is 80.3 Å². The number of piperazine rings is 1. The lowest BCUT2D eigenvalue weighted by Crippen LogP contribution is -2.50. The molecule has 4 heterocycles. The predicted molar refractivity (Wildman–Crippen MR) is 188 cm³/mol. The molecule has 0 amide bonds. The van der Waals surface area contributed by atoms with Gasteiger partial charge in [0.05, 0.1) is 5.56 Å². The van der Waals surface area contributed by atoms with Crippen molar-refractivity contribution < 1.29 is 17.6 Å². The van der Waals surface area contributed by atoms with E-state index >= 15 is 0 Å². The van der Waals surface area contributed by atoms with Crippen LogP contribution in [0.2, 0.25) is 0 Å². The molecule has 0 bridgehead atoms. The molecule has 1 aliphatic heterocycles. The number of fused-ring (bicyclic) bond motifs is 1. The highest BCUT2D eigenvalue weighted by molar-refractivity contribution is 5.73. The van der Waals surface area contributed by atoms with Crippen molar-refractivity contribution in [3.8, 4) is 0 Å². The van der Waals surface area contributed by atoms with Crippen LogP contribution in [0.1, 0.15) is 107 Å². The number of benzene rings is 1. The number of hydrogen-bond donors (Lipinski definition) is 2. The summed E-state index contributed by atoms with van der Waals surface area (Å²) in [6.07, 6.45) is 12.9. The molecule has 0 spiro atoms. The number of unbranched alkanes of at least 4 members (excludes halogenated alkanes) is 11. The molecule has 0 saturated carbocycles. The van der Waals surface area contributed by atoms with E-state index in [1.165, 1.54) is 63.9 Å². The number of nitrogens with zero attached hydrogens (tertiary/aromatic N) is 6. The second-order valence-corrected chi connectivity index (χ2v) is 13.6. The first-order valence-corrected chi connectivity index (χ1v) is 18.2. The number of anilines is 3. The summed E-state index contributed by atoms with van der Waals surface area (Å²) in [5.74, 6) is 1.38. The topological polar surface area (TPSA) is 77.4 Å². The number of halogens is 4. The number of nitrogens with one attached hydrogen (secondary N) is 2. The van der Waals surface area contributed by atoms with Crippen LogP contribution in [0.25, 0.3) is 5.52 Å². The maximum Gasteiger partial charge on any atom is 0.416 e. The van der Waals surface area contributed by atoms with Gasteiger partial charge in [0.1, 0.15) is 11.3 Å². The normalized spacial score (nSPS) is 14.9. The van der Waals surface area contributed by atoms with Crippen LogP contribution in [0.5, 0.6) is 0 Å². The highest BCUT2D eigenvalue weighted by Crippen LogP contribution is 2.33. The SMILES string of the molecule is Cc1cc(Nc2nc(N3CCN(C(C)CCCCCCCCCCCCCCc4ccc(F)cc4C(F)(F)F)CC3)nn3cccc23)n[nH]1. The second kappa shape index (κ2) is 17.8. The molecule has 1 atom stereocenters. The van der Waals surface area contributed by atoms with Crippen molar-refractivity contribution in [3.05, 3.63) is 65.2 Å². The molecule has 1 aliphatic rings. The lowest BCUT2D eigenvalue weighted by atomic mass is 9.99. The molecule has 268 valence electrons. The molecular formula is C37H52F4N8. The van der Waals surface area contributed by atoms with Gasteiger partial charge in [-0.1, -0.05) is 76.7 Å². The largest absolute Gasteiger partial charge is 0.416 e. The number of aromatic nitrogens is 5. The Labute approximate surface area is 287 Å². The summed E-state index contributed by atoms with van der Waals surface area (Å²) in [5.41, 5.74) is 1.27. The summed E-state index contributed by atoms with van der Waals surface area (Å²) >= 11 is 0. The van der Waals surface area contributed by atoms with E-state index in [1.807, 2.05) is 35.8 Å². The van der Waals surface area contributed by atoms with Crippen molar-refractivity contribution in [2.24, 2.45) is 0 Å². The van der Waals surface area contributed by atoms with Crippen molar-refractivity contribution in [2.45, 2.75) is 116 Å². The average molecular weight is 685 g/mol. The Morgan fingerprint density at radius 3 is 2.14 bits per heavy atom. The van der Waals surface area contributed by atoms with Crippen LogP contribution >= 0.6 is 0 Å². The summed E-state index contributed by atoms with van der Waals surface area (Å²) in [4.78, 5) is 9.75. The molecule has 2 N–H and O–H groups in total. The van der Waals surface area contributed by atoms with Gasteiger partial charge in [0.2, 0.25) is 5.95 Å². The zero-order chi connectivity index (χ0) is 34.6. The van der Waals surface area contributed by atoms with Crippen LogP contribution in [-0.2, 0) is 12.6 Å². The number of aryl methyl sites for hydroxylation is 2. The highest BCUT2D eigenvalue weighted by Gasteiger charge is 2.33. The van der Waals surface area contributed by atoms with Gasteiger partial charge in [0.15, 0.2) is 11.6 Å². The van der Waals surface area contributed by atoms with Crippen molar-refractivity contribution >= 4 is 23.1 Å². The molecule has 1 unspecified atom stereocenters.